The van der Waals surface area contributed by atoms with Crippen molar-refractivity contribution in [1.29, 1.82) is 0 Å². The van der Waals surface area contributed by atoms with E-state index in [0.717, 1.165) is 0 Å². The number of ether oxygens (including phenoxy) is 1. The molecule has 1 aromatic rings. The van der Waals surface area contributed by atoms with Crippen LogP contribution in [0.4, 0.5) is 5.69 Å². The Hall–Kier alpha value is -1.69. The minimum atomic E-state index is -0.423. The van der Waals surface area contributed by atoms with Gasteiger partial charge in [-0.05, 0) is 32.0 Å². The molecule has 104 valence electrons. The van der Waals surface area contributed by atoms with Gasteiger partial charge in [0.2, 0.25) is 5.91 Å². The first-order chi connectivity index (χ1) is 8.93. The number of amides is 1. The van der Waals surface area contributed by atoms with Crippen LogP contribution in [0.5, 0.6) is 0 Å². The molecule has 19 heavy (non-hydrogen) atoms. The summed E-state index contributed by atoms with van der Waals surface area (Å²) in [6.07, 6.45) is 0. The summed E-state index contributed by atoms with van der Waals surface area (Å²) < 4.78 is 4.64. The molecule has 0 atom stereocenters. The zero-order chi connectivity index (χ0) is 14.4. The number of carbonyl (C=O) groups is 2. The monoisotopic (exact) mass is 282 g/mol. The summed E-state index contributed by atoms with van der Waals surface area (Å²) in [5.41, 5.74) is 6.77. The Kier molecular flexibility index (Phi) is 5.69. The van der Waals surface area contributed by atoms with E-state index in [9.17, 15) is 9.59 Å². The number of nitrogen functional groups attached to an aromatic ring is 1. The first-order valence-electron chi connectivity index (χ1n) is 5.84. The number of anilines is 1. The Balaban J connectivity index is 2.72. The van der Waals surface area contributed by atoms with Crippen molar-refractivity contribution in [2.45, 2.75) is 24.8 Å². The molecule has 1 amide bonds. The van der Waals surface area contributed by atoms with E-state index in [1.807, 2.05) is 13.8 Å². The molecule has 0 radical (unpaired) electrons. The second-order valence-corrected chi connectivity index (χ2v) is 5.27. The number of esters is 1. The van der Waals surface area contributed by atoms with Crippen LogP contribution in [0.2, 0.25) is 0 Å². The van der Waals surface area contributed by atoms with Crippen molar-refractivity contribution >= 4 is 29.3 Å². The lowest BCUT2D eigenvalue weighted by molar-refractivity contribution is -0.119. The van der Waals surface area contributed by atoms with Crippen LogP contribution in [0.3, 0.4) is 0 Å². The second kappa shape index (κ2) is 7.04. The van der Waals surface area contributed by atoms with Crippen LogP contribution in [-0.4, -0.2) is 30.8 Å². The first kappa shape index (κ1) is 15.4. The molecule has 0 aliphatic carbocycles. The highest BCUT2D eigenvalue weighted by molar-refractivity contribution is 8.00. The Morgan fingerprint density at radius 2 is 2.11 bits per heavy atom. The predicted octanol–water partition coefficient (Wildman–Crippen LogP) is 1.67. The number of rotatable bonds is 5. The lowest BCUT2D eigenvalue weighted by Gasteiger charge is -2.10. The lowest BCUT2D eigenvalue weighted by atomic mass is 10.2. The quantitative estimate of drug-likeness (QED) is 0.488. The van der Waals surface area contributed by atoms with Gasteiger partial charge in [0.05, 0.1) is 18.4 Å². The molecule has 0 aromatic heterocycles. The van der Waals surface area contributed by atoms with Crippen molar-refractivity contribution in [3.05, 3.63) is 23.8 Å². The molecule has 0 heterocycles. The third-order valence-corrected chi connectivity index (χ3v) is 3.31. The molecule has 5 nitrogen and oxygen atoms in total. The highest BCUT2D eigenvalue weighted by Gasteiger charge is 2.10. The van der Waals surface area contributed by atoms with Gasteiger partial charge in [0.1, 0.15) is 0 Å². The molecule has 0 bridgehead atoms. The molecule has 0 aliphatic rings. The van der Waals surface area contributed by atoms with Crippen LogP contribution < -0.4 is 11.1 Å². The fourth-order valence-electron chi connectivity index (χ4n) is 1.41. The fraction of sp³-hybridized carbons (Fsp3) is 0.385. The first-order valence-corrected chi connectivity index (χ1v) is 6.82. The number of nitrogens with one attached hydrogen (secondary N) is 1. The molecule has 0 saturated carbocycles. The van der Waals surface area contributed by atoms with E-state index in [0.29, 0.717) is 16.1 Å². The standard InChI is InChI=1S/C13H18N2O3S/c1-8(2)15-12(16)7-19-11-6-9(13(17)18-3)4-5-10(11)14/h4-6,8H,7,14H2,1-3H3,(H,15,16). The smallest absolute Gasteiger partial charge is 0.337 e. The predicted molar refractivity (Wildman–Crippen MR) is 76.2 cm³/mol. The topological polar surface area (TPSA) is 81.4 Å². The summed E-state index contributed by atoms with van der Waals surface area (Å²) in [4.78, 5) is 23.7. The Labute approximate surface area is 116 Å². The number of nitrogens with two attached hydrogens (primary N) is 1. The Bertz CT molecular complexity index is 475. The molecule has 1 rings (SSSR count). The van der Waals surface area contributed by atoms with Crippen LogP contribution in [-0.2, 0) is 9.53 Å². The van der Waals surface area contributed by atoms with Gasteiger partial charge in [-0.15, -0.1) is 11.8 Å². The number of carbonyl (C=O) groups excluding carboxylic acids is 2. The molecule has 6 heteroatoms. The van der Waals surface area contributed by atoms with Gasteiger partial charge in [0, 0.05) is 16.6 Å². The summed E-state index contributed by atoms with van der Waals surface area (Å²) in [6, 6.07) is 4.97. The highest BCUT2D eigenvalue weighted by atomic mass is 32.2. The molecule has 0 fully saturated rings. The normalized spacial score (nSPS) is 10.3. The van der Waals surface area contributed by atoms with Gasteiger partial charge in [0.25, 0.3) is 0 Å². The highest BCUT2D eigenvalue weighted by Crippen LogP contribution is 2.26. The summed E-state index contributed by atoms with van der Waals surface area (Å²) in [6.45, 7) is 3.80. The minimum Gasteiger partial charge on any atom is -0.465 e. The van der Waals surface area contributed by atoms with E-state index in [1.165, 1.54) is 18.9 Å². The average molecular weight is 282 g/mol. The van der Waals surface area contributed by atoms with E-state index in [2.05, 4.69) is 10.1 Å². The van der Waals surface area contributed by atoms with Gasteiger partial charge in [0.15, 0.2) is 0 Å². The van der Waals surface area contributed by atoms with Gasteiger partial charge in [-0.2, -0.15) is 0 Å². The molecule has 0 aliphatic heterocycles. The molecule has 0 saturated heterocycles. The fourth-order valence-corrected chi connectivity index (χ4v) is 2.23. The van der Waals surface area contributed by atoms with E-state index in [1.54, 1.807) is 18.2 Å². The van der Waals surface area contributed by atoms with Crippen molar-refractivity contribution in [3.8, 4) is 0 Å². The number of methoxy groups -OCH3 is 1. The number of benzene rings is 1. The van der Waals surface area contributed by atoms with Crippen LogP contribution in [0, 0.1) is 0 Å². The van der Waals surface area contributed by atoms with Crippen molar-refractivity contribution in [2.24, 2.45) is 0 Å². The lowest BCUT2D eigenvalue weighted by Crippen LogP contribution is -2.31. The molecule has 0 unspecified atom stereocenters. The minimum absolute atomic E-state index is 0.0668. The van der Waals surface area contributed by atoms with E-state index < -0.39 is 5.97 Å². The Morgan fingerprint density at radius 3 is 2.68 bits per heavy atom. The van der Waals surface area contributed by atoms with Crippen molar-refractivity contribution in [2.75, 3.05) is 18.6 Å². The summed E-state index contributed by atoms with van der Waals surface area (Å²) >= 11 is 1.29. The van der Waals surface area contributed by atoms with Crippen LogP contribution in [0.1, 0.15) is 24.2 Å². The molecular formula is C13H18N2O3S. The summed E-state index contributed by atoms with van der Waals surface area (Å²) in [5, 5.41) is 2.79. The van der Waals surface area contributed by atoms with Crippen LogP contribution in [0.15, 0.2) is 23.1 Å². The van der Waals surface area contributed by atoms with Crippen molar-refractivity contribution in [1.82, 2.24) is 5.32 Å². The maximum atomic E-state index is 11.5. The SMILES string of the molecule is COC(=O)c1ccc(N)c(SCC(=O)NC(C)C)c1. The van der Waals surface area contributed by atoms with Gasteiger partial charge in [-0.1, -0.05) is 0 Å². The van der Waals surface area contributed by atoms with Crippen molar-refractivity contribution in [3.63, 3.8) is 0 Å². The number of thioether (sulfide) groups is 1. The van der Waals surface area contributed by atoms with E-state index in [4.69, 9.17) is 5.73 Å². The van der Waals surface area contributed by atoms with Gasteiger partial charge < -0.3 is 15.8 Å². The van der Waals surface area contributed by atoms with Gasteiger partial charge in [-0.3, -0.25) is 4.79 Å². The second-order valence-electron chi connectivity index (χ2n) is 4.26. The largest absolute Gasteiger partial charge is 0.465 e. The number of hydrogen-bond acceptors (Lipinski definition) is 5. The maximum Gasteiger partial charge on any atom is 0.337 e. The van der Waals surface area contributed by atoms with Crippen LogP contribution >= 0.6 is 11.8 Å². The summed E-state index contributed by atoms with van der Waals surface area (Å²) in [5.74, 6) is -0.233. The molecule has 3 N–H and O–H groups in total. The zero-order valence-electron chi connectivity index (χ0n) is 11.2. The molecule has 1 aromatic carbocycles. The maximum absolute atomic E-state index is 11.5. The number of hydrogen-bond donors (Lipinski definition) is 2. The van der Waals surface area contributed by atoms with Gasteiger partial charge >= 0.3 is 5.97 Å². The third-order valence-electron chi connectivity index (χ3n) is 2.24. The van der Waals surface area contributed by atoms with Crippen LogP contribution in [0.25, 0.3) is 0 Å². The van der Waals surface area contributed by atoms with E-state index in [-0.39, 0.29) is 17.7 Å². The average Bonchev–Trinajstić information content (AvgIpc) is 2.36. The zero-order valence-corrected chi connectivity index (χ0v) is 12.0. The van der Waals surface area contributed by atoms with E-state index >= 15 is 0 Å². The Morgan fingerprint density at radius 1 is 1.42 bits per heavy atom. The van der Waals surface area contributed by atoms with Gasteiger partial charge in [-0.25, -0.2) is 4.79 Å². The molecule has 0 spiro atoms. The van der Waals surface area contributed by atoms with Crippen molar-refractivity contribution < 1.29 is 14.3 Å². The third kappa shape index (κ3) is 4.82. The molecular weight excluding hydrogens is 264 g/mol. The summed E-state index contributed by atoms with van der Waals surface area (Å²) in [7, 11) is 1.32.